The predicted molar refractivity (Wildman–Crippen MR) is 104 cm³/mol. The van der Waals surface area contributed by atoms with E-state index in [9.17, 15) is 5.11 Å². The van der Waals surface area contributed by atoms with Crippen molar-refractivity contribution < 1.29 is 9.84 Å². The van der Waals surface area contributed by atoms with Gasteiger partial charge >= 0.3 is 0 Å². The summed E-state index contributed by atoms with van der Waals surface area (Å²) < 4.78 is 5.35. The first-order valence-corrected chi connectivity index (χ1v) is 9.57. The first-order valence-electron chi connectivity index (χ1n) is 9.57. The fraction of sp³-hybridized carbons (Fsp3) is 0.455. The number of methoxy groups -OCH3 is 1. The van der Waals surface area contributed by atoms with Crippen molar-refractivity contribution in [2.45, 2.75) is 31.8 Å². The minimum atomic E-state index is 0.203. The molecule has 1 atom stereocenters. The Hall–Kier alpha value is -2.04. The number of hydrogen-bond donors (Lipinski definition) is 1. The van der Waals surface area contributed by atoms with Gasteiger partial charge in [0.1, 0.15) is 0 Å². The van der Waals surface area contributed by atoms with Crippen molar-refractivity contribution in [1.82, 2.24) is 9.80 Å². The Kier molecular flexibility index (Phi) is 4.88. The zero-order chi connectivity index (χ0) is 18.1. The highest BCUT2D eigenvalue weighted by molar-refractivity contribution is 5.51. The molecule has 138 valence electrons. The van der Waals surface area contributed by atoms with Crippen molar-refractivity contribution in [2.75, 3.05) is 33.8 Å². The largest absolute Gasteiger partial charge is 0.504 e. The number of aromatic hydroxyl groups is 1. The van der Waals surface area contributed by atoms with Gasteiger partial charge in [0.15, 0.2) is 11.5 Å². The summed E-state index contributed by atoms with van der Waals surface area (Å²) >= 11 is 0. The molecule has 2 aromatic rings. The summed E-state index contributed by atoms with van der Waals surface area (Å²) in [5.74, 6) is 0.783. The minimum Gasteiger partial charge on any atom is -0.504 e. The summed E-state index contributed by atoms with van der Waals surface area (Å²) in [5, 5.41) is 10.1. The Morgan fingerprint density at radius 1 is 1.08 bits per heavy atom. The summed E-state index contributed by atoms with van der Waals surface area (Å²) in [5.41, 5.74) is 5.14. The summed E-state index contributed by atoms with van der Waals surface area (Å²) in [6, 6.07) is 13.1. The summed E-state index contributed by atoms with van der Waals surface area (Å²) in [7, 11) is 3.78. The van der Waals surface area contributed by atoms with Crippen LogP contribution in [-0.2, 0) is 13.0 Å². The van der Waals surface area contributed by atoms with Crippen molar-refractivity contribution in [1.29, 1.82) is 0 Å². The van der Waals surface area contributed by atoms with Crippen LogP contribution in [0.3, 0.4) is 0 Å². The average Bonchev–Trinajstić information content (AvgIpc) is 3.15. The molecule has 2 aliphatic rings. The lowest BCUT2D eigenvalue weighted by molar-refractivity contribution is 0.262. The number of likely N-dealkylation sites (N-methyl/N-ethyl adjacent to an activating group) is 1. The first kappa shape index (κ1) is 17.4. The molecule has 26 heavy (non-hydrogen) atoms. The molecule has 1 saturated heterocycles. The van der Waals surface area contributed by atoms with E-state index in [0.29, 0.717) is 5.75 Å². The van der Waals surface area contributed by atoms with Gasteiger partial charge < -0.3 is 9.84 Å². The Labute approximate surface area is 156 Å². The quantitative estimate of drug-likeness (QED) is 0.912. The molecule has 0 aromatic heterocycles. The second-order valence-electron chi connectivity index (χ2n) is 7.58. The molecule has 1 fully saturated rings. The molecular weight excluding hydrogens is 324 g/mol. The van der Waals surface area contributed by atoms with E-state index < -0.39 is 0 Å². The van der Waals surface area contributed by atoms with Crippen LogP contribution in [0.15, 0.2) is 36.4 Å². The normalized spacial score (nSPS) is 20.9. The van der Waals surface area contributed by atoms with Crippen LogP contribution in [-0.4, -0.2) is 48.7 Å². The van der Waals surface area contributed by atoms with E-state index in [1.807, 2.05) is 12.1 Å². The lowest BCUT2D eigenvalue weighted by Gasteiger charge is -2.35. The second-order valence-corrected chi connectivity index (χ2v) is 7.58. The number of phenolic OH excluding ortho intramolecular Hbond substituents is 1. The lowest BCUT2D eigenvalue weighted by atomic mass is 9.88. The molecule has 1 unspecified atom stereocenters. The van der Waals surface area contributed by atoms with E-state index in [-0.39, 0.29) is 11.8 Å². The van der Waals surface area contributed by atoms with Gasteiger partial charge in [-0.1, -0.05) is 24.3 Å². The number of ether oxygens (including phenoxy) is 1. The van der Waals surface area contributed by atoms with E-state index in [4.69, 9.17) is 4.74 Å². The highest BCUT2D eigenvalue weighted by Gasteiger charge is 2.28. The number of benzene rings is 2. The fourth-order valence-electron chi connectivity index (χ4n) is 4.36. The van der Waals surface area contributed by atoms with Crippen LogP contribution < -0.4 is 4.74 Å². The predicted octanol–water partition coefficient (Wildman–Crippen LogP) is 3.57. The summed E-state index contributed by atoms with van der Waals surface area (Å²) in [4.78, 5) is 4.92. The molecule has 0 aliphatic carbocycles. The van der Waals surface area contributed by atoms with E-state index in [1.54, 1.807) is 7.11 Å². The smallest absolute Gasteiger partial charge is 0.160 e. The first-order chi connectivity index (χ1) is 12.7. The molecule has 0 bridgehead atoms. The van der Waals surface area contributed by atoms with Gasteiger partial charge in [0.25, 0.3) is 0 Å². The third-order valence-electron chi connectivity index (χ3n) is 5.81. The SMILES string of the molecule is COc1cc2c(cc1O)CCN(C)C2c1ccc(CN2CCCC2)cc1. The van der Waals surface area contributed by atoms with Crippen LogP contribution in [0, 0.1) is 0 Å². The molecule has 4 rings (SSSR count). The highest BCUT2D eigenvalue weighted by atomic mass is 16.5. The molecule has 2 heterocycles. The third kappa shape index (κ3) is 3.31. The number of rotatable bonds is 4. The topological polar surface area (TPSA) is 35.9 Å². The van der Waals surface area contributed by atoms with E-state index in [1.165, 1.54) is 48.2 Å². The van der Waals surface area contributed by atoms with Gasteiger partial charge in [0, 0.05) is 13.1 Å². The Balaban J connectivity index is 1.62. The standard InChI is InChI=1S/C22H28N2O2/c1-23-12-9-18-13-20(25)21(26-2)14-19(18)22(23)17-7-5-16(6-8-17)15-24-10-3-4-11-24/h5-8,13-14,22,25H,3-4,9-12,15H2,1-2H3. The van der Waals surface area contributed by atoms with Gasteiger partial charge in [-0.15, -0.1) is 0 Å². The lowest BCUT2D eigenvalue weighted by Crippen LogP contribution is -2.32. The molecule has 4 nitrogen and oxygen atoms in total. The van der Waals surface area contributed by atoms with Gasteiger partial charge in [-0.05, 0) is 73.8 Å². The molecule has 2 aliphatic heterocycles. The van der Waals surface area contributed by atoms with Crippen LogP contribution in [0.4, 0.5) is 0 Å². The average molecular weight is 352 g/mol. The molecule has 4 heteroatoms. The van der Waals surface area contributed by atoms with Gasteiger partial charge in [0.05, 0.1) is 13.2 Å². The van der Waals surface area contributed by atoms with Gasteiger partial charge in [-0.25, -0.2) is 0 Å². The maximum absolute atomic E-state index is 10.1. The molecule has 0 radical (unpaired) electrons. The highest BCUT2D eigenvalue weighted by Crippen LogP contribution is 2.40. The van der Waals surface area contributed by atoms with Gasteiger partial charge in [-0.2, -0.15) is 0 Å². The van der Waals surface area contributed by atoms with Gasteiger partial charge in [0.2, 0.25) is 0 Å². The molecule has 0 saturated carbocycles. The van der Waals surface area contributed by atoms with Crippen molar-refractivity contribution in [2.24, 2.45) is 0 Å². The zero-order valence-corrected chi connectivity index (χ0v) is 15.7. The van der Waals surface area contributed by atoms with Gasteiger partial charge in [-0.3, -0.25) is 9.80 Å². The third-order valence-corrected chi connectivity index (χ3v) is 5.81. The summed E-state index contributed by atoms with van der Waals surface area (Å²) in [6.07, 6.45) is 3.61. The monoisotopic (exact) mass is 352 g/mol. The van der Waals surface area contributed by atoms with E-state index >= 15 is 0 Å². The van der Waals surface area contributed by atoms with E-state index in [0.717, 1.165) is 19.5 Å². The summed E-state index contributed by atoms with van der Waals surface area (Å²) in [6.45, 7) is 4.49. The Bertz CT molecular complexity index is 766. The zero-order valence-electron chi connectivity index (χ0n) is 15.7. The molecule has 1 N–H and O–H groups in total. The van der Waals surface area contributed by atoms with Crippen LogP contribution in [0.5, 0.6) is 11.5 Å². The Morgan fingerprint density at radius 2 is 1.81 bits per heavy atom. The van der Waals surface area contributed by atoms with Crippen molar-refractivity contribution in [3.8, 4) is 11.5 Å². The number of fused-ring (bicyclic) bond motifs is 1. The van der Waals surface area contributed by atoms with Crippen LogP contribution >= 0.6 is 0 Å². The second kappa shape index (κ2) is 7.29. The number of nitrogens with zero attached hydrogens (tertiary/aromatic N) is 2. The van der Waals surface area contributed by atoms with Crippen molar-refractivity contribution >= 4 is 0 Å². The van der Waals surface area contributed by atoms with Crippen LogP contribution in [0.2, 0.25) is 0 Å². The molecular formula is C22H28N2O2. The molecule has 0 amide bonds. The molecule has 2 aromatic carbocycles. The fourth-order valence-corrected chi connectivity index (χ4v) is 4.36. The van der Waals surface area contributed by atoms with Crippen molar-refractivity contribution in [3.63, 3.8) is 0 Å². The number of hydrogen-bond acceptors (Lipinski definition) is 4. The van der Waals surface area contributed by atoms with Crippen LogP contribution in [0.25, 0.3) is 0 Å². The number of likely N-dealkylation sites (tertiary alicyclic amines) is 1. The van der Waals surface area contributed by atoms with Crippen LogP contribution in [0.1, 0.15) is 41.1 Å². The Morgan fingerprint density at radius 3 is 2.50 bits per heavy atom. The minimum absolute atomic E-state index is 0.203. The van der Waals surface area contributed by atoms with E-state index in [2.05, 4.69) is 41.1 Å². The maximum atomic E-state index is 10.1. The molecule has 0 spiro atoms. The number of phenols is 1. The maximum Gasteiger partial charge on any atom is 0.160 e. The van der Waals surface area contributed by atoms with Crippen molar-refractivity contribution in [3.05, 3.63) is 58.7 Å².